The van der Waals surface area contributed by atoms with Crippen molar-refractivity contribution in [3.63, 3.8) is 0 Å². The summed E-state index contributed by atoms with van der Waals surface area (Å²) in [4.78, 5) is 20.2. The van der Waals surface area contributed by atoms with Crippen molar-refractivity contribution >= 4 is 55.9 Å². The van der Waals surface area contributed by atoms with E-state index in [9.17, 15) is 4.39 Å². The number of nitrogens with zero attached hydrogens (tertiary/aromatic N) is 5. The maximum absolute atomic E-state index is 13.0. The standard InChI is InChI=1S/C38H35N4S.C15H17FNSi.Ir/c1-22(2)26-13-15-29-31-18-27(21-39-37(31)43-34(29)19-26)36-41-35-24(4)40-23(3)17-33(35)42(36)32-16-14-28(38(5,6)7)20-30(32)25-11-9-8-10-12-25;1-11-9-14(12-5-7-13(16)8-6-12)17-10-15(11)18(2,3)4;/h8-20,22H,1-7H3;5,7-10H,1-4H3;/q2*-1;/i;1D3;. The maximum Gasteiger partial charge on any atom is 0.0986 e. The molecule has 62 heavy (non-hydrogen) atoms. The van der Waals surface area contributed by atoms with Crippen LogP contribution in [-0.2, 0) is 25.5 Å². The van der Waals surface area contributed by atoms with Crippen LogP contribution in [-0.4, -0.2) is 32.6 Å². The van der Waals surface area contributed by atoms with E-state index in [1.54, 1.807) is 29.7 Å². The minimum absolute atomic E-state index is 0. The fourth-order valence-corrected chi connectivity index (χ4v) is 10.1. The third kappa shape index (κ3) is 9.00. The average Bonchev–Trinajstić information content (AvgIpc) is 3.81. The molecule has 0 amide bonds. The van der Waals surface area contributed by atoms with Crippen molar-refractivity contribution in [2.45, 2.75) is 86.3 Å². The number of rotatable bonds is 6. The van der Waals surface area contributed by atoms with Gasteiger partial charge in [-0.3, -0.25) is 14.4 Å². The van der Waals surface area contributed by atoms with E-state index in [0.717, 1.165) is 60.5 Å². The normalized spacial score (nSPS) is 12.8. The van der Waals surface area contributed by atoms with E-state index in [4.69, 9.17) is 19.1 Å². The van der Waals surface area contributed by atoms with Gasteiger partial charge in [-0.1, -0.05) is 125 Å². The van der Waals surface area contributed by atoms with E-state index in [2.05, 4.69) is 155 Å². The summed E-state index contributed by atoms with van der Waals surface area (Å²) < 4.78 is 39.7. The molecule has 0 fully saturated rings. The number of hydrogen-bond donors (Lipinski definition) is 0. The molecule has 1 radical (unpaired) electrons. The molecule has 9 heteroatoms. The number of thiophene rings is 1. The molecule has 9 aromatic rings. The molecule has 0 spiro atoms. The summed E-state index contributed by atoms with van der Waals surface area (Å²) in [5.41, 5.74) is 12.2. The van der Waals surface area contributed by atoms with Crippen molar-refractivity contribution in [2.24, 2.45) is 0 Å². The summed E-state index contributed by atoms with van der Waals surface area (Å²) >= 11 is 1.73. The number of aryl methyl sites for hydroxylation is 3. The van der Waals surface area contributed by atoms with Crippen molar-refractivity contribution in [1.29, 1.82) is 0 Å². The molecule has 0 saturated heterocycles. The molecule has 0 aliphatic heterocycles. The van der Waals surface area contributed by atoms with Gasteiger partial charge in [-0.05, 0) is 95.5 Å². The average molecular weight is 1030 g/mol. The number of pyridine rings is 3. The van der Waals surface area contributed by atoms with E-state index in [1.807, 2.05) is 13.8 Å². The minimum Gasteiger partial charge on any atom is -0.341 e. The van der Waals surface area contributed by atoms with Crippen LogP contribution in [0.15, 0.2) is 109 Å². The van der Waals surface area contributed by atoms with Gasteiger partial charge in [0.05, 0.1) is 30.6 Å². The molecule has 0 saturated carbocycles. The first-order valence-electron chi connectivity index (χ1n) is 22.2. The van der Waals surface area contributed by atoms with Crippen molar-refractivity contribution in [3.05, 3.63) is 155 Å². The molecule has 0 unspecified atom stereocenters. The molecular weight excluding hydrogens is 978 g/mol. The largest absolute Gasteiger partial charge is 0.341 e. The monoisotopic (exact) mass is 1030 g/mol. The van der Waals surface area contributed by atoms with E-state index >= 15 is 0 Å². The van der Waals surface area contributed by atoms with Gasteiger partial charge in [0.1, 0.15) is 0 Å². The zero-order valence-corrected chi connectivity index (χ0v) is 41.0. The predicted octanol–water partition coefficient (Wildman–Crippen LogP) is 13.9. The molecule has 0 aliphatic rings. The van der Waals surface area contributed by atoms with Crippen LogP contribution in [0.3, 0.4) is 0 Å². The number of fused-ring (bicyclic) bond motifs is 4. The number of imidazole rings is 1. The van der Waals surface area contributed by atoms with Crippen LogP contribution >= 0.6 is 11.3 Å². The molecule has 0 bridgehead atoms. The van der Waals surface area contributed by atoms with Crippen molar-refractivity contribution < 1.29 is 28.6 Å². The van der Waals surface area contributed by atoms with E-state index in [1.165, 1.54) is 38.9 Å². The van der Waals surface area contributed by atoms with Crippen LogP contribution < -0.4 is 5.19 Å². The zero-order chi connectivity index (χ0) is 45.9. The topological polar surface area (TPSA) is 56.5 Å². The van der Waals surface area contributed by atoms with Crippen LogP contribution in [0.5, 0.6) is 0 Å². The Bertz CT molecular complexity index is 3190. The summed E-state index contributed by atoms with van der Waals surface area (Å²) in [6.07, 6.45) is 5.04. The summed E-state index contributed by atoms with van der Waals surface area (Å²) in [6, 6.07) is 37.1. The molecule has 0 aliphatic carbocycles. The quantitative estimate of drug-likeness (QED) is 0.123. The Hall–Kier alpha value is -5.18. The predicted molar refractivity (Wildman–Crippen MR) is 258 cm³/mol. The van der Waals surface area contributed by atoms with Gasteiger partial charge < -0.3 is 14.5 Å². The summed E-state index contributed by atoms with van der Waals surface area (Å²) in [5.74, 6) is 0.917. The maximum atomic E-state index is 13.0. The minimum atomic E-state index is -2.19. The Labute approximate surface area is 388 Å². The van der Waals surface area contributed by atoms with E-state index < -0.39 is 14.9 Å². The first-order chi connectivity index (χ1) is 30.2. The van der Waals surface area contributed by atoms with Crippen molar-refractivity contribution in [1.82, 2.24) is 24.5 Å². The molecule has 317 valence electrons. The fraction of sp³-hybridized carbons (Fsp3) is 0.245. The second kappa shape index (κ2) is 17.5. The summed E-state index contributed by atoms with van der Waals surface area (Å²) in [6.45, 7) is 19.4. The molecule has 5 heterocycles. The Kier molecular flexibility index (Phi) is 11.6. The first-order valence-corrected chi connectivity index (χ1v) is 25.0. The SMILES string of the molecule is Cc1cc2c(nc(-c3[c-]nc4sc5cc(C(C)C)ccc5c4c3)n2-c2ccc(C(C)(C)C)cc2-c2ccccc2)c(C)n1.[2H]C([2H])([2H])c1cc(-c2[c-]cc(F)cc2)ncc1[Si](C)(C)C.[Ir]. The van der Waals surface area contributed by atoms with Gasteiger partial charge in [0.2, 0.25) is 0 Å². The fourth-order valence-electron chi connectivity index (χ4n) is 7.72. The van der Waals surface area contributed by atoms with Crippen LogP contribution in [0.2, 0.25) is 19.6 Å². The van der Waals surface area contributed by atoms with Gasteiger partial charge in [-0.15, -0.1) is 35.9 Å². The number of halogens is 1. The van der Waals surface area contributed by atoms with Gasteiger partial charge in [0.25, 0.3) is 0 Å². The first kappa shape index (κ1) is 40.9. The van der Waals surface area contributed by atoms with Crippen molar-refractivity contribution in [2.75, 3.05) is 0 Å². The molecule has 5 nitrogen and oxygen atoms in total. The molecule has 4 aromatic carbocycles. The molecular formula is C53H52FIrN5SSi-2. The van der Waals surface area contributed by atoms with Crippen LogP contribution in [0.1, 0.15) is 72.7 Å². The van der Waals surface area contributed by atoms with Gasteiger partial charge in [-0.2, -0.15) is 11.3 Å². The smallest absolute Gasteiger partial charge is 0.0986 e. The second-order valence-electron chi connectivity index (χ2n) is 18.1. The Morgan fingerprint density at radius 1 is 0.855 bits per heavy atom. The number of hydrogen-bond acceptors (Lipinski definition) is 5. The van der Waals surface area contributed by atoms with Gasteiger partial charge >= 0.3 is 0 Å². The Morgan fingerprint density at radius 3 is 2.31 bits per heavy atom. The number of benzene rings is 4. The zero-order valence-electron chi connectivity index (χ0n) is 39.8. The van der Waals surface area contributed by atoms with Gasteiger partial charge in [-0.25, -0.2) is 0 Å². The van der Waals surface area contributed by atoms with Crippen LogP contribution in [0.4, 0.5) is 4.39 Å². The number of aromatic nitrogens is 5. The molecule has 9 rings (SSSR count). The molecule has 0 atom stereocenters. The third-order valence-electron chi connectivity index (χ3n) is 11.1. The van der Waals surface area contributed by atoms with Crippen LogP contribution in [0.25, 0.3) is 70.8 Å². The Morgan fingerprint density at radius 2 is 1.63 bits per heavy atom. The summed E-state index contributed by atoms with van der Waals surface area (Å²) in [5, 5.41) is 3.19. The van der Waals surface area contributed by atoms with Gasteiger partial charge in [0.15, 0.2) is 0 Å². The Balaban J connectivity index is 0.000000242. The molecule has 5 aromatic heterocycles. The third-order valence-corrected chi connectivity index (χ3v) is 14.2. The van der Waals surface area contributed by atoms with Gasteiger partial charge in [0, 0.05) is 62.7 Å². The second-order valence-corrected chi connectivity index (χ2v) is 24.2. The molecule has 0 N–H and O–H groups in total. The van der Waals surface area contributed by atoms with Crippen LogP contribution in [0, 0.1) is 38.8 Å². The van der Waals surface area contributed by atoms with E-state index in [-0.39, 0.29) is 31.3 Å². The summed E-state index contributed by atoms with van der Waals surface area (Å²) in [7, 11) is -1.81. The van der Waals surface area contributed by atoms with E-state index in [0.29, 0.717) is 22.7 Å². The van der Waals surface area contributed by atoms with Crippen molar-refractivity contribution in [3.8, 4) is 39.5 Å².